The first kappa shape index (κ1) is 21.8. The molecule has 1 aliphatic heterocycles. The van der Waals surface area contributed by atoms with Gasteiger partial charge in [0.05, 0.1) is 18.6 Å². The maximum absolute atomic E-state index is 12.6. The van der Waals surface area contributed by atoms with Gasteiger partial charge in [0.2, 0.25) is 0 Å². The number of hydrogen-bond acceptors (Lipinski definition) is 5. The van der Waals surface area contributed by atoms with Crippen molar-refractivity contribution >= 4 is 11.9 Å². The van der Waals surface area contributed by atoms with Gasteiger partial charge in [-0.1, -0.05) is 49.6 Å². The van der Waals surface area contributed by atoms with Crippen molar-refractivity contribution in [1.29, 1.82) is 0 Å². The molecule has 2 aliphatic rings. The number of nitrogens with zero attached hydrogens (tertiary/aromatic N) is 1. The summed E-state index contributed by atoms with van der Waals surface area (Å²) in [7, 11) is 0. The number of morpholine rings is 1. The van der Waals surface area contributed by atoms with Gasteiger partial charge in [0.15, 0.2) is 6.61 Å². The van der Waals surface area contributed by atoms with Gasteiger partial charge in [0.25, 0.3) is 5.91 Å². The van der Waals surface area contributed by atoms with Gasteiger partial charge >= 0.3 is 5.97 Å². The molecule has 1 heterocycles. The first-order chi connectivity index (χ1) is 13.9. The van der Waals surface area contributed by atoms with Crippen LogP contribution in [-0.2, 0) is 24.5 Å². The molecule has 1 amide bonds. The molecular formula is C23H34N2O4. The minimum absolute atomic E-state index is 0.00497. The number of benzene rings is 1. The lowest BCUT2D eigenvalue weighted by atomic mass is 9.79. The van der Waals surface area contributed by atoms with E-state index in [1.54, 1.807) is 0 Å². The third kappa shape index (κ3) is 5.37. The number of nitrogens with one attached hydrogen (secondary N) is 1. The fourth-order valence-electron chi connectivity index (χ4n) is 4.45. The second kappa shape index (κ2) is 9.72. The van der Waals surface area contributed by atoms with E-state index >= 15 is 0 Å². The summed E-state index contributed by atoms with van der Waals surface area (Å²) in [6.07, 6.45) is 5.81. The zero-order valence-corrected chi connectivity index (χ0v) is 17.7. The zero-order valence-electron chi connectivity index (χ0n) is 17.7. The second-order valence-corrected chi connectivity index (χ2v) is 8.73. The van der Waals surface area contributed by atoms with Crippen molar-refractivity contribution in [3.63, 3.8) is 0 Å². The van der Waals surface area contributed by atoms with Crippen LogP contribution in [0.15, 0.2) is 30.3 Å². The number of amides is 1. The molecule has 2 fully saturated rings. The molecule has 6 nitrogen and oxygen atoms in total. The van der Waals surface area contributed by atoms with Crippen LogP contribution in [0.2, 0.25) is 0 Å². The van der Waals surface area contributed by atoms with Crippen LogP contribution < -0.4 is 5.32 Å². The second-order valence-electron chi connectivity index (χ2n) is 8.73. The summed E-state index contributed by atoms with van der Waals surface area (Å²) < 4.78 is 10.9. The van der Waals surface area contributed by atoms with Crippen LogP contribution in [-0.4, -0.2) is 61.8 Å². The Morgan fingerprint density at radius 1 is 1.10 bits per heavy atom. The standard InChI is InChI=1S/C23H34N2O4/c1-22(2,19-9-5-3-6-10-19)21(27)29-17-20(26)24-18-23(11-7-4-8-12-23)25-13-15-28-16-14-25/h3,5-6,9-10H,4,7-8,11-18H2,1-2H3,(H,24,26). The number of carbonyl (C=O) groups excluding carboxylic acids is 2. The SMILES string of the molecule is CC(C)(C(=O)OCC(=O)NCC1(N2CCOCC2)CCCCC1)c1ccccc1. The molecule has 1 saturated heterocycles. The summed E-state index contributed by atoms with van der Waals surface area (Å²) in [5, 5.41) is 3.04. The Morgan fingerprint density at radius 3 is 2.41 bits per heavy atom. The van der Waals surface area contributed by atoms with Crippen LogP contribution >= 0.6 is 0 Å². The van der Waals surface area contributed by atoms with Crippen LogP contribution in [0.3, 0.4) is 0 Å². The highest BCUT2D eigenvalue weighted by atomic mass is 16.5. The van der Waals surface area contributed by atoms with E-state index in [4.69, 9.17) is 9.47 Å². The van der Waals surface area contributed by atoms with E-state index in [0.717, 1.165) is 44.7 Å². The minimum Gasteiger partial charge on any atom is -0.455 e. The lowest BCUT2D eigenvalue weighted by Gasteiger charge is -2.48. The Bertz CT molecular complexity index is 677. The zero-order chi connectivity index (χ0) is 20.7. The van der Waals surface area contributed by atoms with Gasteiger partial charge in [-0.2, -0.15) is 0 Å². The topological polar surface area (TPSA) is 67.9 Å². The average molecular weight is 403 g/mol. The summed E-state index contributed by atoms with van der Waals surface area (Å²) in [4.78, 5) is 27.5. The summed E-state index contributed by atoms with van der Waals surface area (Å²) in [5.74, 6) is -0.625. The molecule has 1 aromatic carbocycles. The van der Waals surface area contributed by atoms with E-state index in [-0.39, 0.29) is 24.0 Å². The van der Waals surface area contributed by atoms with E-state index in [1.807, 2.05) is 44.2 Å². The Hall–Kier alpha value is -1.92. The van der Waals surface area contributed by atoms with Gasteiger partial charge < -0.3 is 14.8 Å². The monoisotopic (exact) mass is 402 g/mol. The third-order valence-corrected chi connectivity index (χ3v) is 6.42. The first-order valence-electron chi connectivity index (χ1n) is 10.8. The normalized spacial score (nSPS) is 20.1. The van der Waals surface area contributed by atoms with Crippen molar-refractivity contribution in [2.24, 2.45) is 0 Å². The van der Waals surface area contributed by atoms with E-state index < -0.39 is 5.41 Å². The van der Waals surface area contributed by atoms with Crippen LogP contribution in [0.25, 0.3) is 0 Å². The molecular weight excluding hydrogens is 368 g/mol. The van der Waals surface area contributed by atoms with Gasteiger partial charge in [-0.25, -0.2) is 0 Å². The Kier molecular flexibility index (Phi) is 7.30. The lowest BCUT2D eigenvalue weighted by molar-refractivity contribution is -0.153. The summed E-state index contributed by atoms with van der Waals surface area (Å²) in [6, 6.07) is 9.50. The predicted octanol–water partition coefficient (Wildman–Crippen LogP) is 2.66. The van der Waals surface area contributed by atoms with Crippen molar-refractivity contribution in [2.45, 2.75) is 56.9 Å². The Morgan fingerprint density at radius 2 is 1.76 bits per heavy atom. The molecule has 0 unspecified atom stereocenters. The fraction of sp³-hybridized carbons (Fsp3) is 0.652. The number of esters is 1. The van der Waals surface area contributed by atoms with Crippen LogP contribution in [0, 0.1) is 0 Å². The average Bonchev–Trinajstić information content (AvgIpc) is 2.78. The molecule has 0 spiro atoms. The van der Waals surface area contributed by atoms with Gasteiger partial charge in [0, 0.05) is 25.2 Å². The molecule has 160 valence electrons. The summed E-state index contributed by atoms with van der Waals surface area (Å²) >= 11 is 0. The summed E-state index contributed by atoms with van der Waals surface area (Å²) in [5.41, 5.74) is 0.0872. The van der Waals surface area contributed by atoms with Crippen molar-refractivity contribution < 1.29 is 19.1 Å². The molecule has 1 saturated carbocycles. The van der Waals surface area contributed by atoms with Crippen LogP contribution in [0.1, 0.15) is 51.5 Å². The Balaban J connectivity index is 1.52. The predicted molar refractivity (Wildman–Crippen MR) is 112 cm³/mol. The summed E-state index contributed by atoms with van der Waals surface area (Å²) in [6.45, 7) is 7.33. The van der Waals surface area contributed by atoms with Crippen molar-refractivity contribution in [1.82, 2.24) is 10.2 Å². The molecule has 0 aromatic heterocycles. The highest BCUT2D eigenvalue weighted by Crippen LogP contribution is 2.34. The van der Waals surface area contributed by atoms with Gasteiger partial charge in [-0.15, -0.1) is 0 Å². The van der Waals surface area contributed by atoms with Crippen molar-refractivity contribution in [2.75, 3.05) is 39.5 Å². The van der Waals surface area contributed by atoms with Crippen LogP contribution in [0.4, 0.5) is 0 Å². The van der Waals surface area contributed by atoms with Gasteiger partial charge in [0.1, 0.15) is 0 Å². The quantitative estimate of drug-likeness (QED) is 0.710. The smallest absolute Gasteiger partial charge is 0.316 e. The van der Waals surface area contributed by atoms with E-state index in [2.05, 4.69) is 10.2 Å². The molecule has 29 heavy (non-hydrogen) atoms. The molecule has 0 radical (unpaired) electrons. The first-order valence-corrected chi connectivity index (χ1v) is 10.8. The highest BCUT2D eigenvalue weighted by Gasteiger charge is 2.39. The lowest BCUT2D eigenvalue weighted by Crippen LogP contribution is -2.60. The number of ether oxygens (including phenoxy) is 2. The molecule has 1 aromatic rings. The third-order valence-electron chi connectivity index (χ3n) is 6.42. The van der Waals surface area contributed by atoms with E-state index in [1.165, 1.54) is 19.3 Å². The number of hydrogen-bond donors (Lipinski definition) is 1. The van der Waals surface area contributed by atoms with Gasteiger partial charge in [-0.3, -0.25) is 14.5 Å². The molecule has 1 aliphatic carbocycles. The number of rotatable bonds is 7. The van der Waals surface area contributed by atoms with E-state index in [9.17, 15) is 9.59 Å². The molecule has 1 N–H and O–H groups in total. The fourth-order valence-corrected chi connectivity index (χ4v) is 4.45. The van der Waals surface area contributed by atoms with Crippen molar-refractivity contribution in [3.05, 3.63) is 35.9 Å². The van der Waals surface area contributed by atoms with E-state index in [0.29, 0.717) is 6.54 Å². The highest BCUT2D eigenvalue weighted by molar-refractivity contribution is 5.85. The molecule has 0 atom stereocenters. The van der Waals surface area contributed by atoms with Crippen LogP contribution in [0.5, 0.6) is 0 Å². The molecule has 6 heteroatoms. The minimum atomic E-state index is -0.792. The molecule has 3 rings (SSSR count). The maximum Gasteiger partial charge on any atom is 0.316 e. The largest absolute Gasteiger partial charge is 0.455 e. The maximum atomic E-state index is 12.6. The number of carbonyl (C=O) groups is 2. The van der Waals surface area contributed by atoms with Gasteiger partial charge in [-0.05, 0) is 32.3 Å². The molecule has 0 bridgehead atoms. The van der Waals surface area contributed by atoms with Crippen molar-refractivity contribution in [3.8, 4) is 0 Å². The Labute approximate surface area is 173 Å².